The molecule has 2 atom stereocenters. The van der Waals surface area contributed by atoms with Crippen molar-refractivity contribution in [2.24, 2.45) is 11.8 Å². The first-order valence-electron chi connectivity index (χ1n) is 22.3. The summed E-state index contributed by atoms with van der Waals surface area (Å²) in [6.07, 6.45) is 23.4. The van der Waals surface area contributed by atoms with Crippen LogP contribution in [0.5, 0.6) is 0 Å². The highest BCUT2D eigenvalue weighted by Crippen LogP contribution is 2.65. The standard InChI is InChI=1S/C58H50/c1-2-10-26-46(43-24-14-22-39(32-43)37-16-6-4-7-17-37)55-47(27-11-3-1)48-28-31-51-57-49(29-30-50(55)56(48)57)53-36-45-34-41-20-12-13-21-42(41)35-52(45)54(58(51)53)44-25-15-23-40(33-44)38-18-8-5-9-19-38/h1-3,10-15,20-38,56-57H,4-9,16-19H2. The van der Waals surface area contributed by atoms with Crippen LogP contribution < -0.4 is 0 Å². The van der Waals surface area contributed by atoms with Crippen LogP contribution >= 0.6 is 0 Å². The number of fused-ring (bicyclic) bond motifs is 8. The molecular weight excluding hydrogens is 697 g/mol. The van der Waals surface area contributed by atoms with E-state index in [0.29, 0.717) is 11.8 Å². The molecule has 0 heteroatoms. The maximum absolute atomic E-state index is 2.57. The van der Waals surface area contributed by atoms with Gasteiger partial charge in [-0.05, 0) is 155 Å². The zero-order valence-electron chi connectivity index (χ0n) is 33.4. The number of hydrogen-bond donors (Lipinski definition) is 0. The summed E-state index contributed by atoms with van der Waals surface area (Å²) in [6.45, 7) is 0. The molecule has 0 nitrogen and oxygen atoms in total. The first-order valence-corrected chi connectivity index (χ1v) is 22.3. The molecular formula is C58H50. The zero-order valence-corrected chi connectivity index (χ0v) is 33.4. The van der Waals surface area contributed by atoms with Crippen LogP contribution in [0.2, 0.25) is 0 Å². The van der Waals surface area contributed by atoms with E-state index in [1.165, 1.54) is 164 Å². The molecule has 0 amide bonds. The molecule has 0 bridgehead atoms. The third kappa shape index (κ3) is 5.48. The van der Waals surface area contributed by atoms with Crippen LogP contribution in [0.3, 0.4) is 0 Å². The molecule has 282 valence electrons. The summed E-state index contributed by atoms with van der Waals surface area (Å²) in [5.41, 5.74) is 20.1. The summed E-state index contributed by atoms with van der Waals surface area (Å²) in [7, 11) is 0. The maximum atomic E-state index is 2.57. The molecule has 2 saturated carbocycles. The number of benzene rings is 5. The number of hydrogen-bond acceptors (Lipinski definition) is 0. The van der Waals surface area contributed by atoms with Gasteiger partial charge in [0.1, 0.15) is 0 Å². The largest absolute Gasteiger partial charge is 0.0623 e. The second kappa shape index (κ2) is 14.0. The summed E-state index contributed by atoms with van der Waals surface area (Å²) >= 11 is 0. The molecule has 0 aliphatic heterocycles. The molecule has 6 aromatic rings. The van der Waals surface area contributed by atoms with E-state index in [1.54, 1.807) is 0 Å². The van der Waals surface area contributed by atoms with Crippen molar-refractivity contribution in [1.82, 2.24) is 0 Å². The Morgan fingerprint density at radius 3 is 1.55 bits per heavy atom. The Hall–Kier alpha value is -5.72. The van der Waals surface area contributed by atoms with Gasteiger partial charge in [0, 0.05) is 11.8 Å². The van der Waals surface area contributed by atoms with Gasteiger partial charge in [-0.2, -0.15) is 0 Å². The number of rotatable bonds is 4. The predicted molar refractivity (Wildman–Crippen MR) is 247 cm³/mol. The second-order valence-corrected chi connectivity index (χ2v) is 18.0. The summed E-state index contributed by atoms with van der Waals surface area (Å²) in [4.78, 5) is 0. The van der Waals surface area contributed by atoms with Crippen LogP contribution in [0.15, 0.2) is 158 Å². The zero-order chi connectivity index (χ0) is 38.2. The Bertz CT molecular complexity index is 2860. The van der Waals surface area contributed by atoms with Gasteiger partial charge in [0.15, 0.2) is 0 Å². The lowest BCUT2D eigenvalue weighted by atomic mass is 9.71. The normalized spacial score (nSPS) is 20.7. The van der Waals surface area contributed by atoms with Crippen molar-refractivity contribution >= 4 is 43.8 Å². The third-order valence-electron chi connectivity index (χ3n) is 14.8. The first kappa shape index (κ1) is 34.3. The fourth-order valence-electron chi connectivity index (χ4n) is 12.1. The average molecular weight is 747 g/mol. The summed E-state index contributed by atoms with van der Waals surface area (Å²) < 4.78 is 0. The lowest BCUT2D eigenvalue weighted by Crippen LogP contribution is -2.17. The van der Waals surface area contributed by atoms with Gasteiger partial charge in [0.05, 0.1) is 0 Å². The molecule has 2 fully saturated rings. The van der Waals surface area contributed by atoms with Gasteiger partial charge < -0.3 is 0 Å². The van der Waals surface area contributed by atoms with E-state index < -0.39 is 0 Å². The predicted octanol–water partition coefficient (Wildman–Crippen LogP) is 16.1. The minimum Gasteiger partial charge on any atom is -0.0623 e. The van der Waals surface area contributed by atoms with Crippen molar-refractivity contribution in [3.63, 3.8) is 0 Å². The second-order valence-electron chi connectivity index (χ2n) is 18.0. The SMILES string of the molecule is C1=C2c3cccccccc(-c4cccc(C5CCCCC5)c4)c3C3=CC=C4c5cc6cc7ccccc7cc6c(-c6cccc(C7CCCCC7)c6)c5C(=C1)C4C23. The van der Waals surface area contributed by atoms with Crippen molar-refractivity contribution < 1.29 is 0 Å². The Labute approximate surface area is 343 Å². The van der Waals surface area contributed by atoms with Crippen molar-refractivity contribution in [2.45, 2.75) is 76.0 Å². The van der Waals surface area contributed by atoms with Crippen molar-refractivity contribution in [1.29, 1.82) is 0 Å². The lowest BCUT2D eigenvalue weighted by Gasteiger charge is -2.31. The first-order chi connectivity index (χ1) is 28.8. The quantitative estimate of drug-likeness (QED) is 0.158. The molecule has 12 rings (SSSR count). The Kier molecular flexibility index (Phi) is 8.28. The van der Waals surface area contributed by atoms with Crippen molar-refractivity contribution in [3.8, 4) is 22.3 Å². The van der Waals surface area contributed by atoms with Crippen molar-refractivity contribution in [2.75, 3.05) is 0 Å². The third-order valence-corrected chi connectivity index (χ3v) is 14.8. The summed E-state index contributed by atoms with van der Waals surface area (Å²) in [5, 5.41) is 5.33. The van der Waals surface area contributed by atoms with Gasteiger partial charge >= 0.3 is 0 Å². The van der Waals surface area contributed by atoms with E-state index in [4.69, 9.17) is 0 Å². The molecule has 2 unspecified atom stereocenters. The fourth-order valence-corrected chi connectivity index (χ4v) is 12.1. The van der Waals surface area contributed by atoms with E-state index in [2.05, 4.69) is 158 Å². The van der Waals surface area contributed by atoms with E-state index in [0.717, 1.165) is 0 Å². The van der Waals surface area contributed by atoms with Crippen LogP contribution in [0.1, 0.15) is 109 Å². The van der Waals surface area contributed by atoms with Gasteiger partial charge in [-0.1, -0.05) is 178 Å². The van der Waals surface area contributed by atoms with Gasteiger partial charge in [-0.15, -0.1) is 0 Å². The highest BCUT2D eigenvalue weighted by molar-refractivity contribution is 6.17. The minimum absolute atomic E-state index is 0.282. The van der Waals surface area contributed by atoms with E-state index in [-0.39, 0.29) is 11.8 Å². The molecule has 0 aromatic heterocycles. The van der Waals surface area contributed by atoms with Crippen LogP contribution in [0.25, 0.3) is 66.1 Å². The maximum Gasteiger partial charge on any atom is 0.0212 e. The molecule has 0 saturated heterocycles. The molecule has 58 heavy (non-hydrogen) atoms. The Balaban J connectivity index is 1.08. The van der Waals surface area contributed by atoms with Crippen LogP contribution in [0.4, 0.5) is 0 Å². The van der Waals surface area contributed by atoms with E-state index in [9.17, 15) is 0 Å². The molecule has 0 heterocycles. The number of allylic oxidation sites excluding steroid dienone is 8. The van der Waals surface area contributed by atoms with Crippen LogP contribution in [-0.2, 0) is 0 Å². The topological polar surface area (TPSA) is 0 Å². The highest BCUT2D eigenvalue weighted by atomic mass is 14.5. The highest BCUT2D eigenvalue weighted by Gasteiger charge is 2.48. The average Bonchev–Trinajstić information content (AvgIpc) is 3.78. The Morgan fingerprint density at radius 1 is 0.328 bits per heavy atom. The van der Waals surface area contributed by atoms with E-state index in [1.807, 2.05) is 0 Å². The fraction of sp³-hybridized carbons (Fsp3) is 0.241. The van der Waals surface area contributed by atoms with Crippen LogP contribution in [0, 0.1) is 11.8 Å². The molecule has 0 spiro atoms. The van der Waals surface area contributed by atoms with Gasteiger partial charge in [-0.3, -0.25) is 0 Å². The van der Waals surface area contributed by atoms with Gasteiger partial charge in [-0.25, -0.2) is 0 Å². The van der Waals surface area contributed by atoms with Gasteiger partial charge in [0.25, 0.3) is 0 Å². The molecule has 6 aliphatic carbocycles. The smallest absolute Gasteiger partial charge is 0.0212 e. The van der Waals surface area contributed by atoms with Gasteiger partial charge in [0.2, 0.25) is 0 Å². The lowest BCUT2D eigenvalue weighted by molar-refractivity contribution is 0.444. The molecule has 0 radical (unpaired) electrons. The minimum atomic E-state index is 0.282. The summed E-state index contributed by atoms with van der Waals surface area (Å²) in [6, 6.07) is 51.6. The monoisotopic (exact) mass is 746 g/mol. The van der Waals surface area contributed by atoms with E-state index >= 15 is 0 Å². The Morgan fingerprint density at radius 2 is 0.862 bits per heavy atom. The summed E-state index contributed by atoms with van der Waals surface area (Å²) in [5.74, 6) is 1.90. The van der Waals surface area contributed by atoms with Crippen LogP contribution in [-0.4, -0.2) is 0 Å². The molecule has 6 aliphatic rings. The molecule has 6 aromatic carbocycles. The van der Waals surface area contributed by atoms with Crippen molar-refractivity contribution in [3.05, 3.63) is 191 Å². The molecule has 0 N–H and O–H groups in total.